The smallest absolute Gasteiger partial charge is 0.317 e. The van der Waals surface area contributed by atoms with Crippen LogP contribution in [-0.4, -0.2) is 22.4 Å². The fraction of sp³-hybridized carbons (Fsp3) is 0.0455. The first-order valence-electron chi connectivity index (χ1n) is 8.85. The van der Waals surface area contributed by atoms with Crippen molar-refractivity contribution < 1.29 is 14.4 Å². The third-order valence-electron chi connectivity index (χ3n) is 4.57. The molecule has 6 nitrogen and oxygen atoms in total. The molecule has 1 N–H and O–H groups in total. The second kappa shape index (κ2) is 7.41. The van der Waals surface area contributed by atoms with Gasteiger partial charge in [-0.3, -0.25) is 14.9 Å². The molecule has 0 atom stereocenters. The number of aromatic nitrogens is 1. The Morgan fingerprint density at radius 2 is 1.55 bits per heavy atom. The zero-order valence-corrected chi connectivity index (χ0v) is 16.2. The van der Waals surface area contributed by atoms with Crippen molar-refractivity contribution in [3.63, 3.8) is 0 Å². The Hall–Kier alpha value is -3.64. The number of benzene rings is 2. The van der Waals surface area contributed by atoms with E-state index in [0.717, 1.165) is 16.2 Å². The average Bonchev–Trinajstić information content (AvgIpc) is 3.15. The van der Waals surface area contributed by atoms with Crippen molar-refractivity contribution in [3.8, 4) is 5.69 Å². The molecular formula is C22H16ClN3O3. The van der Waals surface area contributed by atoms with Crippen LogP contribution in [0.1, 0.15) is 11.3 Å². The summed E-state index contributed by atoms with van der Waals surface area (Å²) in [6.07, 6.45) is 3.28. The van der Waals surface area contributed by atoms with Gasteiger partial charge in [0.25, 0.3) is 11.8 Å². The first-order valence-corrected chi connectivity index (χ1v) is 9.23. The van der Waals surface area contributed by atoms with Crippen LogP contribution in [0.4, 0.5) is 10.5 Å². The van der Waals surface area contributed by atoms with Gasteiger partial charge in [-0.1, -0.05) is 29.3 Å². The lowest BCUT2D eigenvalue weighted by Crippen LogP contribution is -2.54. The third kappa shape index (κ3) is 3.58. The minimum absolute atomic E-state index is 0.126. The molecule has 2 aromatic carbocycles. The molecule has 1 aliphatic heterocycles. The van der Waals surface area contributed by atoms with Crippen molar-refractivity contribution in [1.29, 1.82) is 0 Å². The molecule has 1 aliphatic rings. The van der Waals surface area contributed by atoms with E-state index in [2.05, 4.69) is 5.32 Å². The van der Waals surface area contributed by atoms with Crippen LogP contribution >= 0.6 is 11.6 Å². The summed E-state index contributed by atoms with van der Waals surface area (Å²) in [6.45, 7) is 1.90. The van der Waals surface area contributed by atoms with Crippen LogP contribution in [0, 0.1) is 6.92 Å². The summed E-state index contributed by atoms with van der Waals surface area (Å²) in [7, 11) is 0. The maximum absolute atomic E-state index is 13.0. The quantitative estimate of drug-likeness (QED) is 0.526. The van der Waals surface area contributed by atoms with Crippen molar-refractivity contribution in [3.05, 3.63) is 88.7 Å². The summed E-state index contributed by atoms with van der Waals surface area (Å²) in [5.74, 6) is -1.40. The van der Waals surface area contributed by atoms with Crippen LogP contribution < -0.4 is 10.2 Å². The molecule has 0 saturated carbocycles. The number of aryl methyl sites for hydroxylation is 1. The van der Waals surface area contributed by atoms with Gasteiger partial charge in [-0.05, 0) is 61.5 Å². The number of rotatable bonds is 3. The molecule has 29 heavy (non-hydrogen) atoms. The number of nitrogens with zero attached hydrogens (tertiary/aromatic N) is 2. The van der Waals surface area contributed by atoms with Gasteiger partial charge in [-0.2, -0.15) is 0 Å². The number of imide groups is 2. The van der Waals surface area contributed by atoms with E-state index in [1.54, 1.807) is 48.5 Å². The molecule has 1 fully saturated rings. The highest BCUT2D eigenvalue weighted by Crippen LogP contribution is 2.23. The summed E-state index contributed by atoms with van der Waals surface area (Å²) in [5, 5.41) is 2.84. The highest BCUT2D eigenvalue weighted by Gasteiger charge is 2.36. The van der Waals surface area contributed by atoms with Gasteiger partial charge in [0.15, 0.2) is 0 Å². The van der Waals surface area contributed by atoms with Gasteiger partial charge in [0.1, 0.15) is 5.57 Å². The van der Waals surface area contributed by atoms with Crippen LogP contribution in [0.3, 0.4) is 0 Å². The highest BCUT2D eigenvalue weighted by molar-refractivity contribution is 6.39. The largest absolute Gasteiger partial charge is 0.335 e. The lowest BCUT2D eigenvalue weighted by Gasteiger charge is -2.26. The number of halogens is 1. The van der Waals surface area contributed by atoms with E-state index in [-0.39, 0.29) is 5.57 Å². The van der Waals surface area contributed by atoms with E-state index < -0.39 is 17.8 Å². The number of nitrogens with one attached hydrogen (secondary N) is 1. The van der Waals surface area contributed by atoms with E-state index in [1.807, 2.05) is 29.8 Å². The standard InChI is InChI=1S/C22H16ClN3O3/c1-14-4-8-17(9-5-14)26-21(28)19(20(27)24-22(26)29)13-18-3-2-12-25(18)16-10-6-15(23)7-11-16/h2-13H,1H3,(H,24,27,29)/b19-13+. The second-order valence-corrected chi connectivity index (χ2v) is 7.01. The first kappa shape index (κ1) is 18.7. The molecule has 2 heterocycles. The Morgan fingerprint density at radius 1 is 0.897 bits per heavy atom. The molecule has 1 saturated heterocycles. The molecule has 0 unspecified atom stereocenters. The number of carbonyl (C=O) groups excluding carboxylic acids is 3. The Labute approximate surface area is 172 Å². The first-order chi connectivity index (χ1) is 13.9. The fourth-order valence-corrected chi connectivity index (χ4v) is 3.21. The predicted molar refractivity (Wildman–Crippen MR) is 111 cm³/mol. The SMILES string of the molecule is Cc1ccc(N2C(=O)NC(=O)/C(=C\c3cccn3-c3ccc(Cl)cc3)C2=O)cc1. The number of barbiturate groups is 1. The Morgan fingerprint density at radius 3 is 2.24 bits per heavy atom. The molecule has 4 rings (SSSR count). The number of carbonyl (C=O) groups is 3. The van der Waals surface area contributed by atoms with Crippen molar-refractivity contribution in [2.45, 2.75) is 6.92 Å². The Bertz CT molecular complexity index is 1140. The predicted octanol–water partition coefficient (Wildman–Crippen LogP) is 4.11. The zero-order chi connectivity index (χ0) is 20.5. The van der Waals surface area contributed by atoms with Gasteiger partial charge in [-0.25, -0.2) is 9.69 Å². The number of urea groups is 1. The van der Waals surface area contributed by atoms with E-state index in [4.69, 9.17) is 11.6 Å². The highest BCUT2D eigenvalue weighted by atomic mass is 35.5. The van der Waals surface area contributed by atoms with Gasteiger partial charge < -0.3 is 4.57 Å². The molecule has 7 heteroatoms. The molecule has 0 radical (unpaired) electrons. The van der Waals surface area contributed by atoms with E-state index in [1.165, 1.54) is 6.08 Å². The summed E-state index contributed by atoms with van der Waals surface area (Å²) in [5.41, 5.74) is 2.69. The van der Waals surface area contributed by atoms with E-state index >= 15 is 0 Å². The summed E-state index contributed by atoms with van der Waals surface area (Å²) >= 11 is 5.95. The minimum Gasteiger partial charge on any atom is -0.317 e. The van der Waals surface area contributed by atoms with Gasteiger partial charge in [0.2, 0.25) is 0 Å². The van der Waals surface area contributed by atoms with Crippen molar-refractivity contribution >= 4 is 41.2 Å². The van der Waals surface area contributed by atoms with Gasteiger partial charge in [0, 0.05) is 22.6 Å². The van der Waals surface area contributed by atoms with Crippen LogP contribution in [0.2, 0.25) is 5.02 Å². The van der Waals surface area contributed by atoms with E-state index in [9.17, 15) is 14.4 Å². The van der Waals surface area contributed by atoms with Crippen LogP contribution in [0.5, 0.6) is 0 Å². The van der Waals surface area contributed by atoms with Crippen molar-refractivity contribution in [2.75, 3.05) is 4.90 Å². The summed E-state index contributed by atoms with van der Waals surface area (Å²) < 4.78 is 1.82. The van der Waals surface area contributed by atoms with Crippen LogP contribution in [-0.2, 0) is 9.59 Å². The molecule has 0 aliphatic carbocycles. The lowest BCUT2D eigenvalue weighted by molar-refractivity contribution is -0.122. The summed E-state index contributed by atoms with van der Waals surface area (Å²) in [6, 6.07) is 16.9. The minimum atomic E-state index is -0.769. The lowest BCUT2D eigenvalue weighted by atomic mass is 10.1. The topological polar surface area (TPSA) is 71.4 Å². The number of hydrogen-bond acceptors (Lipinski definition) is 3. The maximum Gasteiger partial charge on any atom is 0.335 e. The average molecular weight is 406 g/mol. The zero-order valence-electron chi connectivity index (χ0n) is 15.4. The fourth-order valence-electron chi connectivity index (χ4n) is 3.08. The molecule has 0 bridgehead atoms. The Balaban J connectivity index is 1.73. The van der Waals surface area contributed by atoms with Crippen molar-refractivity contribution in [1.82, 2.24) is 9.88 Å². The molecule has 0 spiro atoms. The maximum atomic E-state index is 13.0. The number of amides is 4. The van der Waals surface area contributed by atoms with Gasteiger partial charge >= 0.3 is 6.03 Å². The summed E-state index contributed by atoms with van der Waals surface area (Å²) in [4.78, 5) is 38.6. The molecule has 3 aromatic rings. The van der Waals surface area contributed by atoms with Crippen LogP contribution in [0.25, 0.3) is 11.8 Å². The van der Waals surface area contributed by atoms with Gasteiger partial charge in [-0.15, -0.1) is 0 Å². The van der Waals surface area contributed by atoms with E-state index in [0.29, 0.717) is 16.4 Å². The van der Waals surface area contributed by atoms with Crippen molar-refractivity contribution in [2.24, 2.45) is 0 Å². The van der Waals surface area contributed by atoms with Gasteiger partial charge in [0.05, 0.1) is 5.69 Å². The normalized spacial score (nSPS) is 15.7. The molecule has 4 amide bonds. The molecule has 1 aromatic heterocycles. The number of anilines is 1. The number of hydrogen-bond donors (Lipinski definition) is 1. The molecule has 144 valence electrons. The van der Waals surface area contributed by atoms with Crippen LogP contribution in [0.15, 0.2) is 72.4 Å². The third-order valence-corrected chi connectivity index (χ3v) is 4.82. The second-order valence-electron chi connectivity index (χ2n) is 6.57. The Kier molecular flexibility index (Phi) is 4.78. The molecular weight excluding hydrogens is 390 g/mol. The monoisotopic (exact) mass is 405 g/mol.